The normalized spacial score (nSPS) is 12.1. The van der Waals surface area contributed by atoms with E-state index in [-0.39, 0.29) is 17.5 Å². The molecule has 0 aliphatic heterocycles. The van der Waals surface area contributed by atoms with Crippen LogP contribution < -0.4 is 5.56 Å². The van der Waals surface area contributed by atoms with Gasteiger partial charge in [0.1, 0.15) is 5.82 Å². The molecule has 0 radical (unpaired) electrons. The minimum absolute atomic E-state index is 0.0505. The molecule has 0 saturated carbocycles. The van der Waals surface area contributed by atoms with Crippen molar-refractivity contribution >= 4 is 16.8 Å². The molecule has 0 N–H and O–H groups in total. The second-order valence-corrected chi connectivity index (χ2v) is 7.84. The van der Waals surface area contributed by atoms with Crippen LogP contribution in [-0.4, -0.2) is 27.4 Å². The van der Waals surface area contributed by atoms with Crippen molar-refractivity contribution < 1.29 is 4.79 Å². The first-order valence-corrected chi connectivity index (χ1v) is 10.8. The van der Waals surface area contributed by atoms with Crippen LogP contribution in [0.3, 0.4) is 0 Å². The molecular formula is C25H31N3O2. The Labute approximate surface area is 178 Å². The minimum Gasteiger partial charge on any atom is -0.332 e. The van der Waals surface area contributed by atoms with Crippen LogP contribution in [0.4, 0.5) is 0 Å². The minimum atomic E-state index is -0.332. The second-order valence-electron chi connectivity index (χ2n) is 7.84. The van der Waals surface area contributed by atoms with Crippen molar-refractivity contribution in [2.75, 3.05) is 7.05 Å². The van der Waals surface area contributed by atoms with Crippen molar-refractivity contribution in [2.24, 2.45) is 0 Å². The van der Waals surface area contributed by atoms with Gasteiger partial charge in [-0.25, -0.2) is 4.98 Å². The van der Waals surface area contributed by atoms with Crippen LogP contribution in [0.15, 0.2) is 53.3 Å². The van der Waals surface area contributed by atoms with E-state index < -0.39 is 0 Å². The highest BCUT2D eigenvalue weighted by Crippen LogP contribution is 2.21. The molecule has 0 spiro atoms. The van der Waals surface area contributed by atoms with E-state index in [1.807, 2.05) is 56.3 Å². The third-order valence-electron chi connectivity index (χ3n) is 5.63. The monoisotopic (exact) mass is 405 g/mol. The van der Waals surface area contributed by atoms with E-state index in [0.29, 0.717) is 28.8 Å². The van der Waals surface area contributed by atoms with E-state index in [4.69, 9.17) is 4.98 Å². The van der Waals surface area contributed by atoms with Gasteiger partial charge in [-0.1, -0.05) is 44.5 Å². The maximum absolute atomic E-state index is 13.1. The van der Waals surface area contributed by atoms with E-state index in [0.717, 1.165) is 25.7 Å². The molecule has 1 aromatic heterocycles. The Morgan fingerprint density at radius 2 is 1.77 bits per heavy atom. The molecule has 0 fully saturated rings. The first-order valence-electron chi connectivity index (χ1n) is 10.8. The summed E-state index contributed by atoms with van der Waals surface area (Å²) >= 11 is 0. The van der Waals surface area contributed by atoms with Gasteiger partial charge in [-0.3, -0.25) is 14.2 Å². The fourth-order valence-electron chi connectivity index (χ4n) is 3.69. The predicted molar refractivity (Wildman–Crippen MR) is 122 cm³/mol. The molecule has 3 rings (SSSR count). The van der Waals surface area contributed by atoms with Gasteiger partial charge < -0.3 is 4.90 Å². The van der Waals surface area contributed by atoms with Crippen molar-refractivity contribution in [3.8, 4) is 0 Å². The Morgan fingerprint density at radius 1 is 1.07 bits per heavy atom. The maximum atomic E-state index is 13.1. The Hall–Kier alpha value is -2.95. The standard InChI is InChI=1S/C25H31N3O2/c1-5-7-10-19-13-15-20(16-14-19)24(29)27(4)18(3)23-26-22-12-9-8-11-21(22)25(30)28(23)17-6-2/h8-9,11-16,18H,5-7,10,17H2,1-4H3. The third kappa shape index (κ3) is 4.45. The molecule has 1 atom stereocenters. The van der Waals surface area contributed by atoms with Crippen molar-refractivity contribution in [1.29, 1.82) is 0 Å². The molecule has 158 valence electrons. The molecule has 3 aromatic rings. The molecule has 0 bridgehead atoms. The number of aryl methyl sites for hydroxylation is 1. The van der Waals surface area contributed by atoms with Crippen LogP contribution in [-0.2, 0) is 13.0 Å². The smallest absolute Gasteiger partial charge is 0.261 e. The highest BCUT2D eigenvalue weighted by molar-refractivity contribution is 5.94. The summed E-state index contributed by atoms with van der Waals surface area (Å²) in [5.74, 6) is 0.547. The third-order valence-corrected chi connectivity index (χ3v) is 5.63. The summed E-state index contributed by atoms with van der Waals surface area (Å²) < 4.78 is 1.71. The van der Waals surface area contributed by atoms with Crippen LogP contribution in [0.25, 0.3) is 10.9 Å². The average Bonchev–Trinajstić information content (AvgIpc) is 2.78. The zero-order chi connectivity index (χ0) is 21.7. The lowest BCUT2D eigenvalue weighted by Crippen LogP contribution is -2.35. The number of para-hydroxylation sites is 1. The largest absolute Gasteiger partial charge is 0.332 e. The number of hydrogen-bond acceptors (Lipinski definition) is 3. The summed E-state index contributed by atoms with van der Waals surface area (Å²) in [5.41, 5.74) is 2.51. The molecule has 30 heavy (non-hydrogen) atoms. The van der Waals surface area contributed by atoms with Gasteiger partial charge in [0.2, 0.25) is 0 Å². The lowest BCUT2D eigenvalue weighted by molar-refractivity contribution is 0.0733. The van der Waals surface area contributed by atoms with E-state index in [1.54, 1.807) is 22.6 Å². The Morgan fingerprint density at radius 3 is 2.43 bits per heavy atom. The molecule has 0 aliphatic carbocycles. The summed E-state index contributed by atoms with van der Waals surface area (Å²) in [6.45, 7) is 6.71. The zero-order valence-corrected chi connectivity index (χ0v) is 18.4. The van der Waals surface area contributed by atoms with E-state index in [9.17, 15) is 9.59 Å². The van der Waals surface area contributed by atoms with Gasteiger partial charge in [-0.05, 0) is 56.0 Å². The zero-order valence-electron chi connectivity index (χ0n) is 18.4. The number of nitrogens with zero attached hydrogens (tertiary/aromatic N) is 3. The summed E-state index contributed by atoms with van der Waals surface area (Å²) in [6.07, 6.45) is 4.14. The Kier molecular flexibility index (Phi) is 7.03. The molecule has 1 unspecified atom stereocenters. The van der Waals surface area contributed by atoms with E-state index in [1.165, 1.54) is 5.56 Å². The van der Waals surface area contributed by atoms with Crippen LogP contribution >= 0.6 is 0 Å². The highest BCUT2D eigenvalue weighted by atomic mass is 16.2. The van der Waals surface area contributed by atoms with Crippen LogP contribution in [0.5, 0.6) is 0 Å². The summed E-state index contributed by atoms with van der Waals surface area (Å²) in [5, 5.41) is 0.610. The fourth-order valence-corrected chi connectivity index (χ4v) is 3.69. The second kappa shape index (κ2) is 9.70. The molecule has 0 saturated heterocycles. The SMILES string of the molecule is CCCCc1ccc(C(=O)N(C)C(C)c2nc3ccccc3c(=O)n2CCC)cc1. The fraction of sp³-hybridized carbons (Fsp3) is 0.400. The van der Waals surface area contributed by atoms with Gasteiger partial charge in [-0.15, -0.1) is 0 Å². The Balaban J connectivity index is 1.92. The summed E-state index contributed by atoms with van der Waals surface area (Å²) in [7, 11) is 1.77. The van der Waals surface area contributed by atoms with Crippen LogP contribution in [0, 0.1) is 0 Å². The quantitative estimate of drug-likeness (QED) is 0.531. The van der Waals surface area contributed by atoms with Crippen molar-refractivity contribution in [3.05, 3.63) is 75.8 Å². The van der Waals surface area contributed by atoms with Gasteiger partial charge in [0.25, 0.3) is 11.5 Å². The number of unbranched alkanes of at least 4 members (excludes halogenated alkanes) is 1. The van der Waals surface area contributed by atoms with Crippen LogP contribution in [0.1, 0.15) is 67.8 Å². The molecular weight excluding hydrogens is 374 g/mol. The number of carbonyl (C=O) groups is 1. The van der Waals surface area contributed by atoms with Crippen LogP contribution in [0.2, 0.25) is 0 Å². The lowest BCUT2D eigenvalue weighted by Gasteiger charge is -2.27. The van der Waals surface area contributed by atoms with Gasteiger partial charge in [0.15, 0.2) is 0 Å². The first kappa shape index (κ1) is 21.8. The van der Waals surface area contributed by atoms with Crippen molar-refractivity contribution in [3.63, 3.8) is 0 Å². The summed E-state index contributed by atoms with van der Waals surface area (Å²) in [4.78, 5) is 32.6. The van der Waals surface area contributed by atoms with Crippen molar-refractivity contribution in [2.45, 2.75) is 59.0 Å². The number of carbonyl (C=O) groups excluding carboxylic acids is 1. The van der Waals surface area contributed by atoms with Gasteiger partial charge in [0, 0.05) is 19.2 Å². The van der Waals surface area contributed by atoms with E-state index in [2.05, 4.69) is 6.92 Å². The predicted octanol–water partition coefficient (Wildman–Crippen LogP) is 4.98. The number of benzene rings is 2. The average molecular weight is 406 g/mol. The molecule has 1 heterocycles. The highest BCUT2D eigenvalue weighted by Gasteiger charge is 2.24. The topological polar surface area (TPSA) is 55.2 Å². The van der Waals surface area contributed by atoms with Gasteiger partial charge >= 0.3 is 0 Å². The summed E-state index contributed by atoms with van der Waals surface area (Å²) in [6, 6.07) is 14.9. The molecule has 1 amide bonds. The van der Waals surface area contributed by atoms with Gasteiger partial charge in [-0.2, -0.15) is 0 Å². The maximum Gasteiger partial charge on any atom is 0.261 e. The van der Waals surface area contributed by atoms with Crippen molar-refractivity contribution in [1.82, 2.24) is 14.5 Å². The number of amides is 1. The molecule has 2 aromatic carbocycles. The molecule has 0 aliphatic rings. The number of hydrogen-bond donors (Lipinski definition) is 0. The van der Waals surface area contributed by atoms with E-state index >= 15 is 0 Å². The number of fused-ring (bicyclic) bond motifs is 1. The Bertz CT molecular complexity index is 1070. The number of rotatable bonds is 8. The van der Waals surface area contributed by atoms with Gasteiger partial charge in [0.05, 0.1) is 16.9 Å². The lowest BCUT2D eigenvalue weighted by atomic mass is 10.1. The molecule has 5 nitrogen and oxygen atoms in total. The first-order chi connectivity index (χ1) is 14.5. The molecule has 5 heteroatoms. The number of aromatic nitrogens is 2.